The van der Waals surface area contributed by atoms with E-state index in [0.717, 1.165) is 20.8 Å². The largest absolute Gasteiger partial charge is 0.272 e. The van der Waals surface area contributed by atoms with Crippen molar-refractivity contribution in [1.82, 2.24) is 10.4 Å². The molecule has 0 aromatic carbocycles. The fraction of sp³-hybridized carbons (Fsp3) is 0.154. The molecular formula is C13H12BrN3OS. The Hall–Kier alpha value is -1.53. The first kappa shape index (κ1) is 13.9. The summed E-state index contributed by atoms with van der Waals surface area (Å²) in [5.41, 5.74) is 3.91. The van der Waals surface area contributed by atoms with Gasteiger partial charge in [-0.3, -0.25) is 9.78 Å². The molecule has 19 heavy (non-hydrogen) atoms. The van der Waals surface area contributed by atoms with Crippen LogP contribution in [0.3, 0.4) is 0 Å². The quantitative estimate of drug-likeness (QED) is 0.686. The number of amides is 1. The lowest BCUT2D eigenvalue weighted by atomic mass is 10.2. The smallest absolute Gasteiger partial charge is 0.267 e. The normalized spacial score (nSPS) is 11.4. The van der Waals surface area contributed by atoms with E-state index in [1.54, 1.807) is 29.7 Å². The number of hydrogen-bond acceptors (Lipinski definition) is 4. The highest BCUT2D eigenvalue weighted by molar-refractivity contribution is 9.11. The van der Waals surface area contributed by atoms with Crippen LogP contribution in [0.25, 0.3) is 0 Å². The summed E-state index contributed by atoms with van der Waals surface area (Å²) in [4.78, 5) is 16.8. The van der Waals surface area contributed by atoms with Gasteiger partial charge in [0.25, 0.3) is 5.91 Å². The fourth-order valence-electron chi connectivity index (χ4n) is 1.46. The third-order valence-electron chi connectivity index (χ3n) is 2.41. The van der Waals surface area contributed by atoms with Crippen LogP contribution in [0.4, 0.5) is 0 Å². The lowest BCUT2D eigenvalue weighted by Crippen LogP contribution is -2.19. The van der Waals surface area contributed by atoms with Crippen LogP contribution in [-0.4, -0.2) is 16.6 Å². The van der Waals surface area contributed by atoms with Crippen molar-refractivity contribution in [1.29, 1.82) is 0 Å². The van der Waals surface area contributed by atoms with Crippen molar-refractivity contribution < 1.29 is 4.79 Å². The van der Waals surface area contributed by atoms with Gasteiger partial charge >= 0.3 is 0 Å². The van der Waals surface area contributed by atoms with E-state index in [0.29, 0.717) is 5.56 Å². The number of nitrogens with zero attached hydrogens (tertiary/aromatic N) is 2. The monoisotopic (exact) mass is 337 g/mol. The summed E-state index contributed by atoms with van der Waals surface area (Å²) in [6.07, 6.45) is 3.89. The van der Waals surface area contributed by atoms with E-state index in [2.05, 4.69) is 31.4 Å². The second-order valence-electron chi connectivity index (χ2n) is 3.70. The Kier molecular flexibility index (Phi) is 4.81. The second kappa shape index (κ2) is 6.58. The van der Waals surface area contributed by atoms with Crippen molar-refractivity contribution in [2.75, 3.05) is 0 Å². The minimum absolute atomic E-state index is 0.255. The number of thiophene rings is 1. The molecule has 6 heteroatoms. The molecule has 0 aliphatic carbocycles. The molecule has 0 unspecified atom stereocenters. The predicted octanol–water partition coefficient (Wildman–Crippen LogP) is 3.45. The maximum absolute atomic E-state index is 11.8. The number of hydrazone groups is 1. The molecule has 0 bridgehead atoms. The number of halogens is 1. The van der Waals surface area contributed by atoms with E-state index in [-0.39, 0.29) is 5.91 Å². The molecule has 0 aliphatic rings. The Balaban J connectivity index is 2.10. The van der Waals surface area contributed by atoms with E-state index in [9.17, 15) is 4.79 Å². The molecule has 0 atom stereocenters. The molecule has 0 aliphatic heterocycles. The van der Waals surface area contributed by atoms with E-state index in [1.165, 1.54) is 6.20 Å². The van der Waals surface area contributed by atoms with Crippen molar-refractivity contribution in [3.63, 3.8) is 0 Å². The fourth-order valence-corrected chi connectivity index (χ4v) is 2.90. The lowest BCUT2D eigenvalue weighted by molar-refractivity contribution is 0.0954. The van der Waals surface area contributed by atoms with Gasteiger partial charge in [0.15, 0.2) is 0 Å². The Morgan fingerprint density at radius 3 is 2.89 bits per heavy atom. The molecule has 2 aromatic rings. The molecule has 0 spiro atoms. The zero-order valence-corrected chi connectivity index (χ0v) is 12.7. The summed E-state index contributed by atoms with van der Waals surface area (Å²) in [6, 6.07) is 7.36. The summed E-state index contributed by atoms with van der Waals surface area (Å²) in [6.45, 7) is 2.00. The minimum atomic E-state index is -0.255. The molecule has 2 heterocycles. The Morgan fingerprint density at radius 1 is 1.47 bits per heavy atom. The van der Waals surface area contributed by atoms with Gasteiger partial charge < -0.3 is 0 Å². The van der Waals surface area contributed by atoms with Gasteiger partial charge in [0.1, 0.15) is 0 Å². The standard InChI is InChI=1S/C13H12BrN3OS/c1-2-10(11-5-6-12(14)19-11)16-17-13(18)9-4-3-7-15-8-9/h3-8H,2H2,1H3,(H,17,18). The maximum atomic E-state index is 11.8. The van der Waals surface area contributed by atoms with E-state index < -0.39 is 0 Å². The molecule has 2 rings (SSSR count). The average molecular weight is 338 g/mol. The van der Waals surface area contributed by atoms with Crippen molar-refractivity contribution >= 4 is 38.9 Å². The van der Waals surface area contributed by atoms with E-state index >= 15 is 0 Å². The number of rotatable bonds is 4. The molecule has 1 amide bonds. The summed E-state index contributed by atoms with van der Waals surface area (Å²) in [5.74, 6) is -0.255. The first-order valence-electron chi connectivity index (χ1n) is 5.73. The van der Waals surface area contributed by atoms with Crippen LogP contribution >= 0.6 is 27.3 Å². The Labute approximate surface area is 123 Å². The SMILES string of the molecule is CCC(=NNC(=O)c1cccnc1)c1ccc(Br)s1. The summed E-state index contributed by atoms with van der Waals surface area (Å²) >= 11 is 5.00. The minimum Gasteiger partial charge on any atom is -0.267 e. The number of pyridine rings is 1. The number of carbonyl (C=O) groups is 1. The summed E-state index contributed by atoms with van der Waals surface area (Å²) < 4.78 is 1.04. The Bertz CT molecular complexity index is 595. The lowest BCUT2D eigenvalue weighted by Gasteiger charge is -2.02. The maximum Gasteiger partial charge on any atom is 0.272 e. The number of carbonyl (C=O) groups excluding carboxylic acids is 1. The average Bonchev–Trinajstić information content (AvgIpc) is 2.87. The molecule has 1 N–H and O–H groups in total. The molecule has 0 saturated carbocycles. The molecule has 2 aromatic heterocycles. The first-order valence-corrected chi connectivity index (χ1v) is 7.34. The third kappa shape index (κ3) is 3.71. The van der Waals surface area contributed by atoms with Gasteiger partial charge in [-0.25, -0.2) is 5.43 Å². The highest BCUT2D eigenvalue weighted by Crippen LogP contribution is 2.23. The molecule has 0 saturated heterocycles. The molecule has 0 radical (unpaired) electrons. The van der Waals surface area contributed by atoms with Crippen molar-refractivity contribution in [3.05, 3.63) is 50.9 Å². The highest BCUT2D eigenvalue weighted by Gasteiger charge is 2.07. The van der Waals surface area contributed by atoms with Crippen LogP contribution in [0.1, 0.15) is 28.6 Å². The van der Waals surface area contributed by atoms with Gasteiger partial charge in [-0.05, 0) is 46.6 Å². The van der Waals surface area contributed by atoms with Crippen LogP contribution in [0.2, 0.25) is 0 Å². The van der Waals surface area contributed by atoms with Crippen molar-refractivity contribution in [2.45, 2.75) is 13.3 Å². The molecule has 98 valence electrons. The number of nitrogens with one attached hydrogen (secondary N) is 1. The van der Waals surface area contributed by atoms with Crippen LogP contribution in [0, 0.1) is 0 Å². The zero-order chi connectivity index (χ0) is 13.7. The van der Waals surface area contributed by atoms with E-state index in [4.69, 9.17) is 0 Å². The number of aromatic nitrogens is 1. The predicted molar refractivity (Wildman–Crippen MR) is 80.6 cm³/mol. The number of hydrogen-bond donors (Lipinski definition) is 1. The van der Waals surface area contributed by atoms with Gasteiger partial charge in [-0.2, -0.15) is 5.10 Å². The highest BCUT2D eigenvalue weighted by atomic mass is 79.9. The zero-order valence-electron chi connectivity index (χ0n) is 10.3. The van der Waals surface area contributed by atoms with Crippen molar-refractivity contribution in [2.24, 2.45) is 5.10 Å². The van der Waals surface area contributed by atoms with Gasteiger partial charge in [0, 0.05) is 12.4 Å². The van der Waals surface area contributed by atoms with Gasteiger partial charge in [0.05, 0.1) is 19.9 Å². The first-order chi connectivity index (χ1) is 9.20. The van der Waals surface area contributed by atoms with Crippen LogP contribution in [-0.2, 0) is 0 Å². The topological polar surface area (TPSA) is 54.4 Å². The summed E-state index contributed by atoms with van der Waals surface area (Å²) in [5, 5.41) is 4.18. The summed E-state index contributed by atoms with van der Waals surface area (Å²) in [7, 11) is 0. The molecular weight excluding hydrogens is 326 g/mol. The molecule has 0 fully saturated rings. The van der Waals surface area contributed by atoms with Crippen LogP contribution < -0.4 is 5.43 Å². The van der Waals surface area contributed by atoms with Crippen LogP contribution in [0.15, 0.2) is 45.5 Å². The third-order valence-corrected chi connectivity index (χ3v) is 4.08. The van der Waals surface area contributed by atoms with Gasteiger partial charge in [-0.15, -0.1) is 11.3 Å². The van der Waals surface area contributed by atoms with Crippen LogP contribution in [0.5, 0.6) is 0 Å². The Morgan fingerprint density at radius 2 is 2.32 bits per heavy atom. The van der Waals surface area contributed by atoms with Gasteiger partial charge in [-0.1, -0.05) is 6.92 Å². The molecule has 4 nitrogen and oxygen atoms in total. The second-order valence-corrected chi connectivity index (χ2v) is 6.16. The van der Waals surface area contributed by atoms with E-state index in [1.807, 2.05) is 19.1 Å². The van der Waals surface area contributed by atoms with Crippen molar-refractivity contribution in [3.8, 4) is 0 Å². The van der Waals surface area contributed by atoms with Gasteiger partial charge in [0.2, 0.25) is 0 Å².